The molecule has 7 nitrogen and oxygen atoms in total. The van der Waals surface area contributed by atoms with Gasteiger partial charge in [-0.15, -0.1) is 0 Å². The fourth-order valence-electron chi connectivity index (χ4n) is 5.55. The van der Waals surface area contributed by atoms with Crippen molar-refractivity contribution in [3.63, 3.8) is 0 Å². The Morgan fingerprint density at radius 3 is 2.73 bits per heavy atom. The van der Waals surface area contributed by atoms with E-state index in [0.29, 0.717) is 6.42 Å². The van der Waals surface area contributed by atoms with E-state index in [1.807, 2.05) is 30.4 Å². The molecule has 3 aliphatic rings. The topological polar surface area (TPSA) is 103 Å². The standard InChI is InChI=1S/C29H28FN5O2/c1-16-11-24-26(25(36)12-16)22(23-15-33-35(29(23)34-24)27(28(31)37)17-5-6-17)10-9-21-8-7-19(14-32-21)18-3-2-4-20(30)13-18/h2-4,7-10,13-17,22,27,34H,5-6,11-12H2,1H3,(H2,31,37). The molecule has 1 amide bonds. The second-order valence-corrected chi connectivity index (χ2v) is 10.4. The number of aromatic nitrogens is 3. The summed E-state index contributed by atoms with van der Waals surface area (Å²) in [6.45, 7) is 2.07. The van der Waals surface area contributed by atoms with E-state index in [-0.39, 0.29) is 29.4 Å². The first-order valence-corrected chi connectivity index (χ1v) is 12.7. The van der Waals surface area contributed by atoms with E-state index in [1.54, 1.807) is 23.1 Å². The van der Waals surface area contributed by atoms with Crippen LogP contribution in [0.4, 0.5) is 10.2 Å². The summed E-state index contributed by atoms with van der Waals surface area (Å²) >= 11 is 0. The van der Waals surface area contributed by atoms with Gasteiger partial charge in [-0.1, -0.05) is 31.2 Å². The molecular formula is C29H28FN5O2. The molecule has 0 radical (unpaired) electrons. The molecule has 1 saturated carbocycles. The third-order valence-electron chi connectivity index (χ3n) is 7.48. The second-order valence-electron chi connectivity index (χ2n) is 10.4. The van der Waals surface area contributed by atoms with Crippen molar-refractivity contribution < 1.29 is 14.0 Å². The average molecular weight is 498 g/mol. The SMILES string of the molecule is CC1CC(=O)C2=C(C1)Nc1c(cnn1C(C(N)=O)C1CC1)C2C=Cc1ccc(-c2cccc(F)c2)cn1. The zero-order valence-electron chi connectivity index (χ0n) is 20.5. The largest absolute Gasteiger partial charge is 0.368 e. The third-order valence-corrected chi connectivity index (χ3v) is 7.48. The summed E-state index contributed by atoms with van der Waals surface area (Å²) in [5.74, 6) is 0.293. The van der Waals surface area contributed by atoms with E-state index in [9.17, 15) is 14.0 Å². The summed E-state index contributed by atoms with van der Waals surface area (Å²) < 4.78 is 15.3. The number of primary amides is 1. The normalized spacial score (nSPS) is 21.9. The van der Waals surface area contributed by atoms with Crippen molar-refractivity contribution in [1.29, 1.82) is 0 Å². The molecule has 6 rings (SSSR count). The lowest BCUT2D eigenvalue weighted by atomic mass is 9.77. The molecular weight excluding hydrogens is 469 g/mol. The van der Waals surface area contributed by atoms with Crippen molar-refractivity contribution in [2.24, 2.45) is 17.6 Å². The number of nitrogens with two attached hydrogens (primary N) is 1. The number of anilines is 1. The summed E-state index contributed by atoms with van der Waals surface area (Å²) in [6.07, 6.45) is 10.5. The van der Waals surface area contributed by atoms with Gasteiger partial charge >= 0.3 is 0 Å². The van der Waals surface area contributed by atoms with Crippen molar-refractivity contribution in [3.05, 3.63) is 83.2 Å². The Kier molecular flexibility index (Phi) is 5.74. The van der Waals surface area contributed by atoms with Crippen LogP contribution in [0.25, 0.3) is 17.2 Å². The van der Waals surface area contributed by atoms with Gasteiger partial charge in [0.15, 0.2) is 5.78 Å². The van der Waals surface area contributed by atoms with Crippen LogP contribution in [0.15, 0.2) is 66.1 Å². The molecule has 2 aliphatic carbocycles. The molecule has 2 aromatic heterocycles. The number of carbonyl (C=O) groups is 2. The molecule has 3 aromatic rings. The number of amides is 1. The minimum absolute atomic E-state index is 0.123. The molecule has 1 fully saturated rings. The van der Waals surface area contributed by atoms with E-state index >= 15 is 0 Å². The minimum Gasteiger partial charge on any atom is -0.368 e. The number of nitrogens with zero attached hydrogens (tertiary/aromatic N) is 3. The molecule has 1 aromatic carbocycles. The number of benzene rings is 1. The Bertz CT molecular complexity index is 1450. The maximum Gasteiger partial charge on any atom is 0.242 e. The lowest BCUT2D eigenvalue weighted by molar-refractivity contribution is -0.122. The molecule has 188 valence electrons. The number of fused-ring (bicyclic) bond motifs is 1. The zero-order valence-corrected chi connectivity index (χ0v) is 20.5. The van der Waals surface area contributed by atoms with Gasteiger partial charge in [0.25, 0.3) is 0 Å². The molecule has 3 heterocycles. The highest BCUT2D eigenvalue weighted by atomic mass is 19.1. The summed E-state index contributed by atoms with van der Waals surface area (Å²) in [5.41, 5.74) is 10.6. The number of pyridine rings is 1. The number of allylic oxidation sites excluding steroid dienone is 3. The van der Waals surface area contributed by atoms with E-state index in [1.165, 1.54) is 12.1 Å². The van der Waals surface area contributed by atoms with Crippen LogP contribution in [0, 0.1) is 17.7 Å². The molecule has 3 atom stereocenters. The minimum atomic E-state index is -0.503. The van der Waals surface area contributed by atoms with Crippen LogP contribution in [0.3, 0.4) is 0 Å². The highest BCUT2D eigenvalue weighted by molar-refractivity contribution is 6.01. The Morgan fingerprint density at radius 2 is 2.03 bits per heavy atom. The van der Waals surface area contributed by atoms with Gasteiger partial charge in [-0.3, -0.25) is 14.6 Å². The highest BCUT2D eigenvalue weighted by Crippen LogP contribution is 2.47. The first kappa shape index (κ1) is 23.3. The summed E-state index contributed by atoms with van der Waals surface area (Å²) in [7, 11) is 0. The van der Waals surface area contributed by atoms with Crippen LogP contribution in [0.2, 0.25) is 0 Å². The molecule has 37 heavy (non-hydrogen) atoms. The summed E-state index contributed by atoms with van der Waals surface area (Å²) in [6, 6.07) is 9.68. The van der Waals surface area contributed by atoms with E-state index in [0.717, 1.165) is 58.7 Å². The van der Waals surface area contributed by atoms with Gasteiger partial charge in [-0.2, -0.15) is 5.10 Å². The summed E-state index contributed by atoms with van der Waals surface area (Å²) in [4.78, 5) is 30.0. The van der Waals surface area contributed by atoms with E-state index in [4.69, 9.17) is 5.73 Å². The molecule has 3 unspecified atom stereocenters. The predicted octanol–water partition coefficient (Wildman–Crippen LogP) is 5.00. The average Bonchev–Trinajstić information content (AvgIpc) is 3.61. The van der Waals surface area contributed by atoms with Gasteiger partial charge in [-0.05, 0) is 60.9 Å². The van der Waals surface area contributed by atoms with Crippen molar-refractivity contribution in [2.75, 3.05) is 5.32 Å². The van der Waals surface area contributed by atoms with Crippen LogP contribution < -0.4 is 11.1 Å². The second kappa shape index (κ2) is 9.10. The molecule has 0 saturated heterocycles. The van der Waals surface area contributed by atoms with Crippen LogP contribution in [0.1, 0.15) is 55.8 Å². The number of hydrogen-bond donors (Lipinski definition) is 2. The zero-order chi connectivity index (χ0) is 25.7. The van der Waals surface area contributed by atoms with E-state index in [2.05, 4.69) is 22.3 Å². The number of ketones is 1. The lowest BCUT2D eigenvalue weighted by Gasteiger charge is -2.33. The van der Waals surface area contributed by atoms with Gasteiger partial charge in [0.2, 0.25) is 5.91 Å². The van der Waals surface area contributed by atoms with Gasteiger partial charge in [0.05, 0.1) is 11.9 Å². The third kappa shape index (κ3) is 4.37. The first-order valence-electron chi connectivity index (χ1n) is 12.7. The Hall–Kier alpha value is -4.07. The fourth-order valence-corrected chi connectivity index (χ4v) is 5.55. The Labute approximate surface area is 214 Å². The van der Waals surface area contributed by atoms with Crippen LogP contribution in [-0.2, 0) is 9.59 Å². The van der Waals surface area contributed by atoms with Crippen molar-refractivity contribution in [2.45, 2.75) is 44.6 Å². The van der Waals surface area contributed by atoms with Crippen molar-refractivity contribution >= 4 is 23.6 Å². The quantitative estimate of drug-likeness (QED) is 0.499. The molecule has 1 aliphatic heterocycles. The molecule has 8 heteroatoms. The smallest absolute Gasteiger partial charge is 0.242 e. The van der Waals surface area contributed by atoms with Crippen LogP contribution >= 0.6 is 0 Å². The van der Waals surface area contributed by atoms with Crippen LogP contribution in [-0.4, -0.2) is 26.5 Å². The van der Waals surface area contributed by atoms with Gasteiger partial charge in [0, 0.05) is 40.9 Å². The lowest BCUT2D eigenvalue weighted by Crippen LogP contribution is -2.32. The number of rotatable bonds is 6. The van der Waals surface area contributed by atoms with Crippen molar-refractivity contribution in [3.8, 4) is 11.1 Å². The fraction of sp³-hybridized carbons (Fsp3) is 0.310. The molecule has 3 N–H and O–H groups in total. The number of hydrogen-bond acceptors (Lipinski definition) is 5. The van der Waals surface area contributed by atoms with Crippen molar-refractivity contribution in [1.82, 2.24) is 14.8 Å². The summed E-state index contributed by atoms with van der Waals surface area (Å²) in [5, 5.41) is 8.03. The highest BCUT2D eigenvalue weighted by Gasteiger charge is 2.42. The molecule has 0 bridgehead atoms. The van der Waals surface area contributed by atoms with Gasteiger partial charge in [0.1, 0.15) is 17.7 Å². The number of halogens is 1. The number of nitrogens with one attached hydrogen (secondary N) is 1. The van der Waals surface area contributed by atoms with E-state index < -0.39 is 11.9 Å². The molecule has 0 spiro atoms. The Balaban J connectivity index is 1.36. The number of Topliss-reactive ketones (excluding diaryl/α,β-unsaturated/α-hetero) is 1. The van der Waals surface area contributed by atoms with Gasteiger partial charge < -0.3 is 11.1 Å². The van der Waals surface area contributed by atoms with Gasteiger partial charge in [-0.25, -0.2) is 9.07 Å². The predicted molar refractivity (Wildman–Crippen MR) is 139 cm³/mol. The Morgan fingerprint density at radius 1 is 1.19 bits per heavy atom. The maximum atomic E-state index is 13.6. The maximum absolute atomic E-state index is 13.6. The monoisotopic (exact) mass is 497 g/mol. The first-order chi connectivity index (χ1) is 17.9. The van der Waals surface area contributed by atoms with Crippen LogP contribution in [0.5, 0.6) is 0 Å². The number of carbonyl (C=O) groups excluding carboxylic acids is 2.